The lowest BCUT2D eigenvalue weighted by molar-refractivity contribution is 0.0306. The second kappa shape index (κ2) is 6.48. The van der Waals surface area contributed by atoms with Crippen LogP contribution in [0.4, 0.5) is 0 Å². The molecule has 28 heavy (non-hydrogen) atoms. The largest absolute Gasteiger partial charge is 0.449 e. The number of thiophene rings is 1. The first kappa shape index (κ1) is 18.2. The van der Waals surface area contributed by atoms with Crippen LogP contribution in [0.1, 0.15) is 51.3 Å². The van der Waals surface area contributed by atoms with Crippen LogP contribution in [0.25, 0.3) is 16.0 Å². The molecule has 4 aromatic heterocycles. The van der Waals surface area contributed by atoms with Gasteiger partial charge in [0.05, 0.1) is 5.39 Å². The van der Waals surface area contributed by atoms with Crippen molar-refractivity contribution in [2.45, 2.75) is 40.7 Å². The van der Waals surface area contributed by atoms with Crippen LogP contribution < -0.4 is 5.56 Å². The van der Waals surface area contributed by atoms with Crippen LogP contribution in [0.3, 0.4) is 0 Å². The third kappa shape index (κ3) is 2.95. The van der Waals surface area contributed by atoms with Crippen LogP contribution in [0, 0.1) is 27.7 Å². The molecule has 0 unspecified atom stereocenters. The predicted molar refractivity (Wildman–Crippen MR) is 104 cm³/mol. The molecular formula is C18H18N6O3S. The molecule has 0 saturated heterocycles. The van der Waals surface area contributed by atoms with Crippen LogP contribution in [0.15, 0.2) is 10.9 Å². The lowest BCUT2D eigenvalue weighted by Crippen LogP contribution is -2.18. The summed E-state index contributed by atoms with van der Waals surface area (Å²) in [5.74, 6) is -0.203. The molecule has 9 nitrogen and oxygen atoms in total. The van der Waals surface area contributed by atoms with Crippen molar-refractivity contribution in [1.29, 1.82) is 0 Å². The Kier molecular flexibility index (Phi) is 4.22. The Morgan fingerprint density at radius 2 is 1.96 bits per heavy atom. The molecule has 0 radical (unpaired) electrons. The molecule has 4 heterocycles. The molecule has 0 aliphatic carbocycles. The van der Waals surface area contributed by atoms with Gasteiger partial charge in [-0.25, -0.2) is 19.3 Å². The smallest absolute Gasteiger partial charge is 0.379 e. The van der Waals surface area contributed by atoms with E-state index in [2.05, 4.69) is 25.0 Å². The highest BCUT2D eigenvalue weighted by atomic mass is 32.1. The summed E-state index contributed by atoms with van der Waals surface area (Å²) in [6.45, 7) is 9.16. The normalized spacial score (nSPS) is 12.6. The second-order valence-corrected chi connectivity index (χ2v) is 7.85. The van der Waals surface area contributed by atoms with E-state index in [0.717, 1.165) is 21.8 Å². The minimum Gasteiger partial charge on any atom is -0.449 e. The van der Waals surface area contributed by atoms with Crippen molar-refractivity contribution in [3.05, 3.63) is 49.9 Å². The van der Waals surface area contributed by atoms with E-state index in [4.69, 9.17) is 4.74 Å². The molecule has 0 aliphatic heterocycles. The number of nitrogens with one attached hydrogen (secondary N) is 1. The summed E-state index contributed by atoms with van der Waals surface area (Å²) in [4.78, 5) is 42.1. The third-order valence-corrected chi connectivity index (χ3v) is 5.63. The third-order valence-electron chi connectivity index (χ3n) is 4.53. The SMILES string of the molecule is Cc1cc(C)n2nc(C(=O)O[C@H](C)c3nc4sc(C)c(C)c4c(=O)[nH]3)nc2n1. The number of hydrogen-bond donors (Lipinski definition) is 1. The number of aryl methyl sites for hydroxylation is 4. The van der Waals surface area contributed by atoms with Crippen molar-refractivity contribution < 1.29 is 9.53 Å². The van der Waals surface area contributed by atoms with Gasteiger partial charge in [0.2, 0.25) is 0 Å². The zero-order valence-corrected chi connectivity index (χ0v) is 16.8. The first-order valence-electron chi connectivity index (χ1n) is 8.66. The molecule has 1 N–H and O–H groups in total. The van der Waals surface area contributed by atoms with E-state index in [1.54, 1.807) is 6.92 Å². The van der Waals surface area contributed by atoms with Crippen molar-refractivity contribution in [2.75, 3.05) is 0 Å². The number of H-pyrrole nitrogens is 1. The van der Waals surface area contributed by atoms with Gasteiger partial charge in [0, 0.05) is 16.3 Å². The van der Waals surface area contributed by atoms with E-state index in [-0.39, 0.29) is 17.2 Å². The number of aromatic amines is 1. The number of hydrogen-bond acceptors (Lipinski definition) is 8. The Labute approximate surface area is 163 Å². The summed E-state index contributed by atoms with van der Waals surface area (Å²) in [6.07, 6.45) is -0.769. The standard InChI is InChI=1S/C18H18N6O3S/c1-7-6-8(2)24-18(19-7)22-14(23-24)17(26)27-10(4)13-20-15(25)12-9(3)11(5)28-16(12)21-13/h6,10H,1-5H3,(H,20,21,25)/t10-/m1/s1. The number of aromatic nitrogens is 6. The average Bonchev–Trinajstić information content (AvgIpc) is 3.16. The van der Waals surface area contributed by atoms with E-state index < -0.39 is 12.1 Å². The van der Waals surface area contributed by atoms with Gasteiger partial charge in [-0.1, -0.05) is 0 Å². The fraction of sp³-hybridized carbons (Fsp3) is 0.333. The minimum atomic E-state index is -0.769. The maximum Gasteiger partial charge on any atom is 0.379 e. The summed E-state index contributed by atoms with van der Waals surface area (Å²) >= 11 is 1.44. The molecule has 4 rings (SSSR count). The molecular weight excluding hydrogens is 380 g/mol. The fourth-order valence-corrected chi connectivity index (χ4v) is 4.02. The van der Waals surface area contributed by atoms with E-state index in [9.17, 15) is 9.59 Å². The molecule has 0 aromatic carbocycles. The van der Waals surface area contributed by atoms with Gasteiger partial charge in [0.1, 0.15) is 4.83 Å². The maximum atomic E-state index is 12.5. The fourth-order valence-electron chi connectivity index (χ4n) is 2.99. The van der Waals surface area contributed by atoms with Crippen LogP contribution in [0.2, 0.25) is 0 Å². The minimum absolute atomic E-state index is 0.0979. The van der Waals surface area contributed by atoms with Crippen molar-refractivity contribution in [3.8, 4) is 0 Å². The Morgan fingerprint density at radius 3 is 2.71 bits per heavy atom. The quantitative estimate of drug-likeness (QED) is 0.527. The van der Waals surface area contributed by atoms with E-state index >= 15 is 0 Å². The number of esters is 1. The monoisotopic (exact) mass is 398 g/mol. The van der Waals surface area contributed by atoms with Gasteiger partial charge in [-0.3, -0.25) is 4.79 Å². The highest BCUT2D eigenvalue weighted by Crippen LogP contribution is 2.27. The van der Waals surface area contributed by atoms with Gasteiger partial charge in [-0.15, -0.1) is 16.4 Å². The number of ether oxygens (including phenoxy) is 1. The van der Waals surface area contributed by atoms with Gasteiger partial charge in [0.25, 0.3) is 17.2 Å². The summed E-state index contributed by atoms with van der Waals surface area (Å²) in [7, 11) is 0. The average molecular weight is 398 g/mol. The molecule has 0 amide bonds. The molecule has 0 spiro atoms. The maximum absolute atomic E-state index is 12.5. The van der Waals surface area contributed by atoms with Crippen LogP contribution >= 0.6 is 11.3 Å². The van der Waals surface area contributed by atoms with E-state index in [1.165, 1.54) is 15.9 Å². The zero-order chi connectivity index (χ0) is 20.2. The number of fused-ring (bicyclic) bond motifs is 2. The number of rotatable bonds is 3. The van der Waals surface area contributed by atoms with Crippen molar-refractivity contribution >= 4 is 33.3 Å². The topological polar surface area (TPSA) is 115 Å². The van der Waals surface area contributed by atoms with E-state index in [0.29, 0.717) is 16.0 Å². The van der Waals surface area contributed by atoms with E-state index in [1.807, 2.05) is 33.8 Å². The molecule has 0 aliphatic rings. The van der Waals surface area contributed by atoms with Crippen LogP contribution in [-0.4, -0.2) is 35.5 Å². The number of carbonyl (C=O) groups excluding carboxylic acids is 1. The first-order chi connectivity index (χ1) is 13.2. The Morgan fingerprint density at radius 1 is 1.21 bits per heavy atom. The summed E-state index contributed by atoms with van der Waals surface area (Å²) in [6, 6.07) is 1.84. The summed E-state index contributed by atoms with van der Waals surface area (Å²) in [5, 5.41) is 4.73. The second-order valence-electron chi connectivity index (χ2n) is 6.65. The Bertz CT molecular complexity index is 1300. The lowest BCUT2D eigenvalue weighted by atomic mass is 10.2. The molecule has 4 aromatic rings. The first-order valence-corrected chi connectivity index (χ1v) is 9.48. The van der Waals surface area contributed by atoms with Gasteiger partial charge < -0.3 is 9.72 Å². The van der Waals surface area contributed by atoms with Crippen LogP contribution in [-0.2, 0) is 4.74 Å². The lowest BCUT2D eigenvalue weighted by Gasteiger charge is -2.11. The molecule has 0 fully saturated rings. The van der Waals surface area contributed by atoms with Crippen molar-refractivity contribution in [2.24, 2.45) is 0 Å². The summed E-state index contributed by atoms with van der Waals surface area (Å²) in [5.41, 5.74) is 2.26. The highest BCUT2D eigenvalue weighted by Gasteiger charge is 2.22. The number of carbonyl (C=O) groups is 1. The van der Waals surface area contributed by atoms with Gasteiger partial charge in [-0.05, 0) is 46.2 Å². The predicted octanol–water partition coefficient (Wildman–Crippen LogP) is 2.57. The molecule has 0 bridgehead atoms. The Hall–Kier alpha value is -3.14. The van der Waals surface area contributed by atoms with Crippen LogP contribution in [0.5, 0.6) is 0 Å². The molecule has 144 valence electrons. The molecule has 1 atom stereocenters. The van der Waals surface area contributed by atoms with Crippen molar-refractivity contribution in [1.82, 2.24) is 29.5 Å². The molecule has 0 saturated carbocycles. The Balaban J connectivity index is 1.64. The van der Waals surface area contributed by atoms with Crippen molar-refractivity contribution in [3.63, 3.8) is 0 Å². The highest BCUT2D eigenvalue weighted by molar-refractivity contribution is 7.18. The molecule has 10 heteroatoms. The zero-order valence-electron chi connectivity index (χ0n) is 16.0. The van der Waals surface area contributed by atoms with Gasteiger partial charge in [0.15, 0.2) is 11.9 Å². The number of nitrogens with zero attached hydrogens (tertiary/aromatic N) is 5. The van der Waals surface area contributed by atoms with Gasteiger partial charge in [-0.2, -0.15) is 4.98 Å². The summed E-state index contributed by atoms with van der Waals surface area (Å²) < 4.78 is 6.91. The van der Waals surface area contributed by atoms with Gasteiger partial charge >= 0.3 is 5.97 Å².